The van der Waals surface area contributed by atoms with Crippen molar-refractivity contribution >= 4 is 11.3 Å². The van der Waals surface area contributed by atoms with E-state index < -0.39 is 5.92 Å². The van der Waals surface area contributed by atoms with Gasteiger partial charge in [0.1, 0.15) is 0 Å². The van der Waals surface area contributed by atoms with Crippen molar-refractivity contribution in [3.05, 3.63) is 35.9 Å². The Morgan fingerprint density at radius 1 is 1.28 bits per heavy atom. The van der Waals surface area contributed by atoms with Crippen molar-refractivity contribution in [2.45, 2.75) is 33.1 Å². The molecular weight excluding hydrogens is 236 g/mol. The quantitative estimate of drug-likeness (QED) is 0.745. The van der Waals surface area contributed by atoms with Crippen LogP contribution in [0.5, 0.6) is 0 Å². The number of hydrogen-bond donors (Lipinski definition) is 1. The molecule has 0 radical (unpaired) electrons. The van der Waals surface area contributed by atoms with Crippen LogP contribution in [-0.4, -0.2) is 17.7 Å². The Morgan fingerprint density at radius 3 is 2.50 bits per heavy atom. The number of nitrogens with zero attached hydrogens (tertiary/aromatic N) is 1. The molecule has 0 fully saturated rings. The average molecular weight is 255 g/mol. The third-order valence-corrected chi connectivity index (χ3v) is 2.79. The lowest BCUT2D eigenvalue weighted by atomic mass is 9.97. The second-order valence-electron chi connectivity index (χ2n) is 3.80. The van der Waals surface area contributed by atoms with Gasteiger partial charge in [-0.1, -0.05) is 38.1 Å². The van der Waals surface area contributed by atoms with Crippen LogP contribution in [-0.2, 0) is 0 Å². The van der Waals surface area contributed by atoms with Crippen molar-refractivity contribution in [1.82, 2.24) is 0 Å². The third kappa shape index (κ3) is 2.70. The lowest BCUT2D eigenvalue weighted by Crippen LogP contribution is -2.23. The smallest absolute Gasteiger partial charge is 0.275 e. The highest BCUT2D eigenvalue weighted by atomic mass is 19.3. The van der Waals surface area contributed by atoms with E-state index in [4.69, 9.17) is 0 Å². The maximum atomic E-state index is 13.8. The lowest BCUT2D eigenvalue weighted by Gasteiger charge is -2.17. The zero-order valence-corrected chi connectivity index (χ0v) is 11.0. The predicted octanol–water partition coefficient (Wildman–Crippen LogP) is 4.35. The Morgan fingerprint density at radius 2 is 1.89 bits per heavy atom. The van der Waals surface area contributed by atoms with Gasteiger partial charge in [0.25, 0.3) is 5.92 Å². The van der Waals surface area contributed by atoms with E-state index in [0.717, 1.165) is 5.06 Å². The molecule has 0 spiro atoms. The topological polar surface area (TPSA) is 23.5 Å². The normalized spacial score (nSPS) is 19.7. The Bertz CT molecular complexity index is 430. The van der Waals surface area contributed by atoms with Crippen LogP contribution in [0.4, 0.5) is 14.5 Å². The number of hydroxylamine groups is 1. The van der Waals surface area contributed by atoms with Crippen molar-refractivity contribution in [1.29, 1.82) is 0 Å². The van der Waals surface area contributed by atoms with Crippen LogP contribution in [0, 0.1) is 0 Å². The highest BCUT2D eigenvalue weighted by Gasteiger charge is 2.38. The number of allylic oxidation sites excluding steroid dienone is 2. The van der Waals surface area contributed by atoms with E-state index in [0.29, 0.717) is 11.3 Å². The zero-order chi connectivity index (χ0) is 13.8. The van der Waals surface area contributed by atoms with Crippen molar-refractivity contribution < 1.29 is 14.0 Å². The molecule has 4 heteroatoms. The van der Waals surface area contributed by atoms with Crippen LogP contribution in [0.2, 0.25) is 0 Å². The second-order valence-corrected chi connectivity index (χ2v) is 3.80. The van der Waals surface area contributed by atoms with E-state index in [1.807, 2.05) is 13.8 Å². The van der Waals surface area contributed by atoms with Crippen LogP contribution in [0.25, 0.3) is 5.57 Å². The maximum absolute atomic E-state index is 13.8. The van der Waals surface area contributed by atoms with Gasteiger partial charge in [-0.05, 0) is 13.0 Å². The molecule has 2 rings (SSSR count). The van der Waals surface area contributed by atoms with Crippen LogP contribution in [0.1, 0.15) is 32.8 Å². The highest BCUT2D eigenvalue weighted by Crippen LogP contribution is 2.42. The van der Waals surface area contributed by atoms with E-state index in [-0.39, 0.29) is 18.5 Å². The first-order chi connectivity index (χ1) is 8.56. The van der Waals surface area contributed by atoms with Gasteiger partial charge in [0.2, 0.25) is 0 Å². The Hall–Kier alpha value is -1.42. The molecule has 0 aliphatic carbocycles. The van der Waals surface area contributed by atoms with Crippen molar-refractivity contribution in [3.63, 3.8) is 0 Å². The maximum Gasteiger partial charge on any atom is 0.275 e. The molecule has 100 valence electrons. The van der Waals surface area contributed by atoms with Crippen LogP contribution in [0.3, 0.4) is 0 Å². The minimum Gasteiger partial charge on any atom is -0.288 e. The van der Waals surface area contributed by atoms with Crippen molar-refractivity contribution in [2.24, 2.45) is 0 Å². The summed E-state index contributed by atoms with van der Waals surface area (Å²) >= 11 is 0. The summed E-state index contributed by atoms with van der Waals surface area (Å²) in [5.41, 5.74) is 0.822. The van der Waals surface area contributed by atoms with E-state index in [1.165, 1.54) is 6.08 Å². The molecule has 1 aliphatic rings. The molecule has 18 heavy (non-hydrogen) atoms. The average Bonchev–Trinajstić information content (AvgIpc) is 2.48. The van der Waals surface area contributed by atoms with Gasteiger partial charge in [-0.3, -0.25) is 10.3 Å². The molecule has 0 atom stereocenters. The molecule has 1 aromatic carbocycles. The molecule has 0 aromatic heterocycles. The molecule has 2 nitrogen and oxygen atoms in total. The van der Waals surface area contributed by atoms with Gasteiger partial charge >= 0.3 is 0 Å². The standard InChI is InChI=1S/C12H13F2NO.C2H6/c1-2-10-9-5-3-4-6-11(9)15(16)8-7-12(10,13)14;1-2/h2-6,16H,7-8H2,1H3;1-2H3/b10-2+;. The molecule has 1 aromatic rings. The first kappa shape index (κ1) is 14.6. The van der Waals surface area contributed by atoms with Gasteiger partial charge in [0.15, 0.2) is 0 Å². The summed E-state index contributed by atoms with van der Waals surface area (Å²) in [4.78, 5) is 0. The van der Waals surface area contributed by atoms with Crippen molar-refractivity contribution in [3.8, 4) is 0 Å². The minimum absolute atomic E-state index is 0.0142. The van der Waals surface area contributed by atoms with E-state index in [9.17, 15) is 14.0 Å². The van der Waals surface area contributed by atoms with Crippen molar-refractivity contribution in [2.75, 3.05) is 11.6 Å². The minimum atomic E-state index is -2.89. The number of halogens is 2. The molecule has 0 amide bonds. The van der Waals surface area contributed by atoms with Gasteiger partial charge in [0, 0.05) is 17.6 Å². The number of anilines is 1. The molecule has 0 bridgehead atoms. The monoisotopic (exact) mass is 255 g/mol. The molecule has 0 unspecified atom stereocenters. The Balaban J connectivity index is 0.000000771. The summed E-state index contributed by atoms with van der Waals surface area (Å²) in [6.45, 7) is 5.52. The van der Waals surface area contributed by atoms with Crippen LogP contribution < -0.4 is 5.06 Å². The number of para-hydroxylation sites is 1. The van der Waals surface area contributed by atoms with Gasteiger partial charge < -0.3 is 0 Å². The summed E-state index contributed by atoms with van der Waals surface area (Å²) in [7, 11) is 0. The molecular formula is C14H19F2NO. The fourth-order valence-electron chi connectivity index (χ4n) is 1.99. The summed E-state index contributed by atoms with van der Waals surface area (Å²) < 4.78 is 27.6. The molecule has 0 saturated heterocycles. The van der Waals surface area contributed by atoms with Gasteiger partial charge in [0.05, 0.1) is 12.2 Å². The molecule has 1 aliphatic heterocycles. The van der Waals surface area contributed by atoms with Gasteiger partial charge in [-0.2, -0.15) is 0 Å². The summed E-state index contributed by atoms with van der Waals surface area (Å²) in [6.07, 6.45) is 1.04. The van der Waals surface area contributed by atoms with Gasteiger partial charge in [-0.15, -0.1) is 0 Å². The highest BCUT2D eigenvalue weighted by molar-refractivity contribution is 5.80. The number of fused-ring (bicyclic) bond motifs is 1. The first-order valence-corrected chi connectivity index (χ1v) is 6.16. The lowest BCUT2D eigenvalue weighted by molar-refractivity contribution is 0.0548. The fourth-order valence-corrected chi connectivity index (χ4v) is 1.99. The molecule has 1 heterocycles. The Kier molecular flexibility index (Phi) is 4.84. The number of rotatable bonds is 0. The number of alkyl halides is 2. The predicted molar refractivity (Wildman–Crippen MR) is 70.1 cm³/mol. The zero-order valence-electron chi connectivity index (χ0n) is 11.0. The molecule has 1 N–H and O–H groups in total. The number of benzene rings is 1. The largest absolute Gasteiger partial charge is 0.288 e. The molecule has 0 saturated carbocycles. The Labute approximate surface area is 107 Å². The van der Waals surface area contributed by atoms with Crippen LogP contribution in [0.15, 0.2) is 30.3 Å². The number of hydrogen-bond acceptors (Lipinski definition) is 2. The van der Waals surface area contributed by atoms with Crippen LogP contribution >= 0.6 is 0 Å². The third-order valence-electron chi connectivity index (χ3n) is 2.79. The SMILES string of the molecule is C/C=C1\c2ccccc2N(O)CCC1(F)F.CC. The van der Waals surface area contributed by atoms with E-state index in [1.54, 1.807) is 31.2 Å². The van der Waals surface area contributed by atoms with E-state index in [2.05, 4.69) is 0 Å². The first-order valence-electron chi connectivity index (χ1n) is 6.16. The summed E-state index contributed by atoms with van der Waals surface area (Å²) in [6, 6.07) is 6.66. The van der Waals surface area contributed by atoms with E-state index >= 15 is 0 Å². The fraction of sp³-hybridized carbons (Fsp3) is 0.429. The summed E-state index contributed by atoms with van der Waals surface area (Å²) in [5, 5.41) is 10.5. The van der Waals surface area contributed by atoms with Gasteiger partial charge in [-0.25, -0.2) is 8.78 Å². The summed E-state index contributed by atoms with van der Waals surface area (Å²) in [5.74, 6) is -2.89. The second kappa shape index (κ2) is 5.96.